The first-order valence-electron chi connectivity index (χ1n) is 7.18. The zero-order valence-electron chi connectivity index (χ0n) is 12.8. The van der Waals surface area contributed by atoms with E-state index in [1.807, 2.05) is 13.0 Å². The average Bonchev–Trinajstić information content (AvgIpc) is 2.47. The van der Waals surface area contributed by atoms with E-state index in [1.165, 1.54) is 6.07 Å². The highest BCUT2D eigenvalue weighted by Gasteiger charge is 2.33. The van der Waals surface area contributed by atoms with Crippen molar-refractivity contribution in [3.63, 3.8) is 0 Å². The third-order valence-corrected chi connectivity index (χ3v) is 4.30. The van der Waals surface area contributed by atoms with Crippen LogP contribution in [-0.4, -0.2) is 39.6 Å². The van der Waals surface area contributed by atoms with Gasteiger partial charge in [-0.3, -0.25) is 14.6 Å². The first-order valence-corrected chi connectivity index (χ1v) is 7.97. The number of aromatic nitrogens is 2. The molecule has 6 nitrogen and oxygen atoms in total. The molecule has 1 amide bonds. The first kappa shape index (κ1) is 15.7. The van der Waals surface area contributed by atoms with Crippen LogP contribution in [0.5, 0.6) is 5.75 Å². The number of rotatable bonds is 3. The van der Waals surface area contributed by atoms with Gasteiger partial charge in [0.1, 0.15) is 11.9 Å². The molecule has 0 radical (unpaired) electrons. The summed E-state index contributed by atoms with van der Waals surface area (Å²) in [5, 5.41) is 0. The fraction of sp³-hybridized carbons (Fsp3) is 0.312. The Morgan fingerprint density at radius 2 is 2.04 bits per heavy atom. The highest BCUT2D eigenvalue weighted by molar-refractivity contribution is 9.10. The van der Waals surface area contributed by atoms with Gasteiger partial charge >= 0.3 is 0 Å². The van der Waals surface area contributed by atoms with Crippen LogP contribution in [0.4, 0.5) is 0 Å². The molecule has 0 atom stereocenters. The summed E-state index contributed by atoms with van der Waals surface area (Å²) in [6.45, 7) is 2.85. The maximum Gasteiger partial charge on any atom is 0.255 e. The molecule has 0 unspecified atom stereocenters. The van der Waals surface area contributed by atoms with Crippen LogP contribution in [0.25, 0.3) is 0 Å². The van der Waals surface area contributed by atoms with Gasteiger partial charge in [-0.15, -0.1) is 0 Å². The number of halogens is 1. The second-order valence-corrected chi connectivity index (χ2v) is 6.49. The largest absolute Gasteiger partial charge is 0.486 e. The molecule has 1 aliphatic heterocycles. The molecule has 120 valence electrons. The summed E-state index contributed by atoms with van der Waals surface area (Å²) in [5.41, 5.74) is 1.27. The van der Waals surface area contributed by atoms with E-state index in [2.05, 4.69) is 20.9 Å². The van der Waals surface area contributed by atoms with Crippen molar-refractivity contribution in [3.05, 3.63) is 56.7 Å². The summed E-state index contributed by atoms with van der Waals surface area (Å²) in [4.78, 5) is 29.7. The third kappa shape index (κ3) is 3.29. The Hall–Kier alpha value is -2.15. The molecule has 7 heteroatoms. The van der Waals surface area contributed by atoms with Gasteiger partial charge in [-0.2, -0.15) is 0 Å². The summed E-state index contributed by atoms with van der Waals surface area (Å²) < 4.78 is 8.10. The molecule has 0 saturated carbocycles. The van der Waals surface area contributed by atoms with Crippen LogP contribution in [0.2, 0.25) is 0 Å². The first-order chi connectivity index (χ1) is 10.9. The standard InChI is InChI=1S/C16H16BrN3O3/c1-10-3-13(5-15(21)19(10)2)23-14-8-20(9-14)16(22)11-4-12(17)7-18-6-11/h3-7,14H,8-9H2,1-2H3. The molecule has 0 spiro atoms. The van der Waals surface area contributed by atoms with Crippen molar-refractivity contribution in [2.24, 2.45) is 7.05 Å². The van der Waals surface area contributed by atoms with Crippen LogP contribution in [0.3, 0.4) is 0 Å². The zero-order chi connectivity index (χ0) is 16.6. The van der Waals surface area contributed by atoms with Gasteiger partial charge in [0.15, 0.2) is 0 Å². The summed E-state index contributed by atoms with van der Waals surface area (Å²) in [7, 11) is 1.72. The number of carbonyl (C=O) groups excluding carboxylic acids is 1. The van der Waals surface area contributed by atoms with Gasteiger partial charge in [-0.05, 0) is 35.0 Å². The van der Waals surface area contributed by atoms with E-state index in [9.17, 15) is 9.59 Å². The molecule has 2 aromatic rings. The van der Waals surface area contributed by atoms with Crippen LogP contribution >= 0.6 is 15.9 Å². The number of pyridine rings is 2. The Labute approximate surface area is 141 Å². The van der Waals surface area contributed by atoms with Crippen molar-refractivity contribution in [2.45, 2.75) is 13.0 Å². The van der Waals surface area contributed by atoms with Crippen LogP contribution in [0, 0.1) is 6.92 Å². The van der Waals surface area contributed by atoms with Crippen molar-refractivity contribution in [3.8, 4) is 5.75 Å². The molecule has 1 fully saturated rings. The molecule has 23 heavy (non-hydrogen) atoms. The summed E-state index contributed by atoms with van der Waals surface area (Å²) >= 11 is 3.31. The molecule has 3 rings (SSSR count). The van der Waals surface area contributed by atoms with Crippen molar-refractivity contribution in [1.82, 2.24) is 14.5 Å². The molecule has 2 aromatic heterocycles. The number of hydrogen-bond donors (Lipinski definition) is 0. The molecule has 0 N–H and O–H groups in total. The second kappa shape index (κ2) is 6.16. The maximum absolute atomic E-state index is 12.3. The Morgan fingerprint density at radius 1 is 1.30 bits per heavy atom. The van der Waals surface area contributed by atoms with E-state index in [0.717, 1.165) is 10.2 Å². The zero-order valence-corrected chi connectivity index (χ0v) is 14.4. The lowest BCUT2D eigenvalue weighted by Gasteiger charge is -2.39. The number of hydrogen-bond acceptors (Lipinski definition) is 4. The Bertz CT molecular complexity index is 812. The van der Waals surface area contributed by atoms with E-state index in [1.54, 1.807) is 35.0 Å². The van der Waals surface area contributed by atoms with Crippen molar-refractivity contribution in [1.29, 1.82) is 0 Å². The number of ether oxygens (including phenoxy) is 1. The van der Waals surface area contributed by atoms with Gasteiger partial charge in [-0.25, -0.2) is 0 Å². The van der Waals surface area contributed by atoms with Gasteiger partial charge in [0.2, 0.25) is 0 Å². The van der Waals surface area contributed by atoms with Crippen LogP contribution in [0.1, 0.15) is 16.1 Å². The smallest absolute Gasteiger partial charge is 0.255 e. The van der Waals surface area contributed by atoms with Crippen LogP contribution in [-0.2, 0) is 7.05 Å². The quantitative estimate of drug-likeness (QED) is 0.817. The Balaban J connectivity index is 1.61. The number of nitrogens with zero attached hydrogens (tertiary/aromatic N) is 3. The van der Waals surface area contributed by atoms with E-state index >= 15 is 0 Å². The van der Waals surface area contributed by atoms with Crippen LogP contribution < -0.4 is 10.3 Å². The minimum Gasteiger partial charge on any atom is -0.486 e. The summed E-state index contributed by atoms with van der Waals surface area (Å²) in [5.74, 6) is 0.477. The number of amides is 1. The molecule has 1 saturated heterocycles. The normalized spacial score (nSPS) is 14.5. The fourth-order valence-electron chi connectivity index (χ4n) is 2.39. The molecule has 0 bridgehead atoms. The van der Waals surface area contributed by atoms with E-state index in [4.69, 9.17) is 4.74 Å². The Kier molecular flexibility index (Phi) is 4.21. The topological polar surface area (TPSA) is 64.4 Å². The lowest BCUT2D eigenvalue weighted by atomic mass is 10.1. The van der Waals surface area contributed by atoms with Gasteiger partial charge in [0.25, 0.3) is 11.5 Å². The molecule has 1 aliphatic rings. The fourth-order valence-corrected chi connectivity index (χ4v) is 2.75. The molecule has 0 aliphatic carbocycles. The minimum atomic E-state index is -0.104. The number of carbonyl (C=O) groups is 1. The third-order valence-electron chi connectivity index (χ3n) is 3.87. The van der Waals surface area contributed by atoms with E-state index in [-0.39, 0.29) is 17.6 Å². The summed E-state index contributed by atoms with van der Waals surface area (Å²) in [6.07, 6.45) is 3.09. The lowest BCUT2D eigenvalue weighted by Crippen LogP contribution is -2.56. The van der Waals surface area contributed by atoms with Gasteiger partial charge in [0, 0.05) is 35.7 Å². The molecular formula is C16H16BrN3O3. The molecular weight excluding hydrogens is 362 g/mol. The molecule has 0 aromatic carbocycles. The monoisotopic (exact) mass is 377 g/mol. The predicted octanol–water partition coefficient (Wildman–Crippen LogP) is 1.75. The lowest BCUT2D eigenvalue weighted by molar-refractivity contribution is 0.0176. The SMILES string of the molecule is Cc1cc(OC2CN(C(=O)c3cncc(Br)c3)C2)cc(=O)n1C. The van der Waals surface area contributed by atoms with E-state index in [0.29, 0.717) is 24.4 Å². The molecule has 3 heterocycles. The average molecular weight is 378 g/mol. The van der Waals surface area contributed by atoms with Gasteiger partial charge in [-0.1, -0.05) is 0 Å². The van der Waals surface area contributed by atoms with Crippen LogP contribution in [0.15, 0.2) is 39.9 Å². The predicted molar refractivity (Wildman–Crippen MR) is 88.7 cm³/mol. The Morgan fingerprint density at radius 3 is 2.70 bits per heavy atom. The second-order valence-electron chi connectivity index (χ2n) is 5.57. The number of aryl methyl sites for hydroxylation is 1. The highest BCUT2D eigenvalue weighted by atomic mass is 79.9. The number of likely N-dealkylation sites (tertiary alicyclic amines) is 1. The van der Waals surface area contributed by atoms with Crippen molar-refractivity contribution in [2.75, 3.05) is 13.1 Å². The maximum atomic E-state index is 12.3. The van der Waals surface area contributed by atoms with Gasteiger partial charge < -0.3 is 14.2 Å². The van der Waals surface area contributed by atoms with Gasteiger partial charge in [0.05, 0.1) is 18.7 Å². The summed E-state index contributed by atoms with van der Waals surface area (Å²) in [6, 6.07) is 5.04. The minimum absolute atomic E-state index is 0.0705. The highest BCUT2D eigenvalue weighted by Crippen LogP contribution is 2.20. The van der Waals surface area contributed by atoms with E-state index < -0.39 is 0 Å². The van der Waals surface area contributed by atoms with Crippen molar-refractivity contribution >= 4 is 21.8 Å². The van der Waals surface area contributed by atoms with Crippen molar-refractivity contribution < 1.29 is 9.53 Å².